The molecule has 0 fully saturated rings. The van der Waals surface area contributed by atoms with Gasteiger partial charge in [0.15, 0.2) is 5.78 Å². The van der Waals surface area contributed by atoms with Crippen molar-refractivity contribution in [3.05, 3.63) is 11.8 Å². The van der Waals surface area contributed by atoms with E-state index in [1.165, 1.54) is 20.3 Å². The Kier molecular flexibility index (Phi) is 3.50. The van der Waals surface area contributed by atoms with Crippen molar-refractivity contribution in [1.29, 1.82) is 0 Å². The van der Waals surface area contributed by atoms with Gasteiger partial charge in [0, 0.05) is 17.9 Å². The second-order valence-electron chi connectivity index (χ2n) is 3.78. The molecule has 0 aromatic carbocycles. The van der Waals surface area contributed by atoms with E-state index in [9.17, 15) is 9.59 Å². The van der Waals surface area contributed by atoms with Gasteiger partial charge in [0.2, 0.25) is 0 Å². The molecule has 0 saturated carbocycles. The highest BCUT2D eigenvalue weighted by Crippen LogP contribution is 2.33. The summed E-state index contributed by atoms with van der Waals surface area (Å²) in [5.74, 6) is -0.788. The molecular weight excluding hydrogens is 196 g/mol. The maximum absolute atomic E-state index is 11.6. The van der Waals surface area contributed by atoms with Gasteiger partial charge in [0.25, 0.3) is 0 Å². The second kappa shape index (κ2) is 4.47. The van der Waals surface area contributed by atoms with E-state index in [0.29, 0.717) is 5.76 Å². The van der Waals surface area contributed by atoms with Crippen molar-refractivity contribution in [2.45, 2.75) is 13.8 Å². The van der Waals surface area contributed by atoms with Gasteiger partial charge < -0.3 is 9.47 Å². The fraction of sp³-hybridized carbons (Fsp3) is 0.636. The highest BCUT2D eigenvalue weighted by Gasteiger charge is 2.40. The zero-order chi connectivity index (χ0) is 11.6. The third-order valence-corrected chi connectivity index (χ3v) is 2.97. The van der Waals surface area contributed by atoms with E-state index in [1.807, 2.05) is 6.92 Å². The Bertz CT molecular complexity index is 306. The zero-order valence-corrected chi connectivity index (χ0v) is 9.44. The second-order valence-corrected chi connectivity index (χ2v) is 3.78. The number of ketones is 1. The highest BCUT2D eigenvalue weighted by molar-refractivity contribution is 5.96. The normalized spacial score (nSPS) is 30.8. The quantitative estimate of drug-likeness (QED) is 0.644. The summed E-state index contributed by atoms with van der Waals surface area (Å²) in [6.45, 7) is 3.60. The van der Waals surface area contributed by atoms with E-state index in [2.05, 4.69) is 0 Å². The number of hydrogen-bond acceptors (Lipinski definition) is 4. The monoisotopic (exact) mass is 212 g/mol. The molecular formula is C11H16O4. The molecule has 4 nitrogen and oxygen atoms in total. The van der Waals surface area contributed by atoms with Crippen LogP contribution in [0, 0.1) is 17.8 Å². The van der Waals surface area contributed by atoms with Gasteiger partial charge in [-0.15, -0.1) is 0 Å². The number of carbonyl (C=O) groups excluding carboxylic acids is 2. The number of allylic oxidation sites excluding steroid dienone is 2. The van der Waals surface area contributed by atoms with Crippen LogP contribution in [0.2, 0.25) is 0 Å². The van der Waals surface area contributed by atoms with Crippen molar-refractivity contribution in [1.82, 2.24) is 0 Å². The van der Waals surface area contributed by atoms with Gasteiger partial charge in [-0.1, -0.05) is 13.8 Å². The molecule has 84 valence electrons. The fourth-order valence-corrected chi connectivity index (χ4v) is 1.98. The van der Waals surface area contributed by atoms with Gasteiger partial charge in [-0.2, -0.15) is 0 Å². The van der Waals surface area contributed by atoms with E-state index >= 15 is 0 Å². The first-order chi connectivity index (χ1) is 7.02. The number of methoxy groups -OCH3 is 2. The third kappa shape index (κ3) is 2.03. The Hall–Kier alpha value is -1.32. The minimum atomic E-state index is -0.442. The van der Waals surface area contributed by atoms with E-state index in [-0.39, 0.29) is 23.6 Å². The van der Waals surface area contributed by atoms with Crippen LogP contribution < -0.4 is 0 Å². The molecule has 0 saturated heterocycles. The summed E-state index contributed by atoms with van der Waals surface area (Å²) < 4.78 is 9.78. The Balaban J connectivity index is 3.02. The van der Waals surface area contributed by atoms with Crippen molar-refractivity contribution >= 4 is 11.8 Å². The van der Waals surface area contributed by atoms with Gasteiger partial charge in [-0.05, 0) is 0 Å². The molecule has 4 heteroatoms. The Morgan fingerprint density at radius 3 is 2.33 bits per heavy atom. The van der Waals surface area contributed by atoms with Crippen LogP contribution in [0.1, 0.15) is 13.8 Å². The molecule has 0 aromatic heterocycles. The van der Waals surface area contributed by atoms with Crippen LogP contribution in [0.5, 0.6) is 0 Å². The maximum Gasteiger partial charge on any atom is 0.310 e. The molecule has 0 aliphatic heterocycles. The SMILES string of the molecule is COC(=O)C1C(C)C(=O)C=C(OC)C1C. The Morgan fingerprint density at radius 2 is 1.87 bits per heavy atom. The molecule has 0 spiro atoms. The van der Waals surface area contributed by atoms with Crippen LogP contribution in [0.25, 0.3) is 0 Å². The zero-order valence-electron chi connectivity index (χ0n) is 9.44. The average Bonchev–Trinajstić information content (AvgIpc) is 2.23. The Morgan fingerprint density at radius 1 is 1.27 bits per heavy atom. The van der Waals surface area contributed by atoms with Crippen LogP contribution >= 0.6 is 0 Å². The molecule has 0 heterocycles. The standard InChI is InChI=1S/C11H16O4/c1-6-8(12)5-9(14-3)7(2)10(6)11(13)15-4/h5-7,10H,1-4H3. The molecule has 0 aromatic rings. The van der Waals surface area contributed by atoms with Crippen LogP contribution in [0.15, 0.2) is 11.8 Å². The van der Waals surface area contributed by atoms with Crippen LogP contribution in [-0.2, 0) is 19.1 Å². The van der Waals surface area contributed by atoms with Crippen LogP contribution in [0.3, 0.4) is 0 Å². The number of carbonyl (C=O) groups is 2. The first-order valence-corrected chi connectivity index (χ1v) is 4.90. The lowest BCUT2D eigenvalue weighted by molar-refractivity contribution is -0.152. The minimum absolute atomic E-state index is 0.0830. The predicted octanol–water partition coefficient (Wildman–Crippen LogP) is 1.16. The van der Waals surface area contributed by atoms with E-state index in [4.69, 9.17) is 9.47 Å². The van der Waals surface area contributed by atoms with Gasteiger partial charge >= 0.3 is 5.97 Å². The first kappa shape index (κ1) is 11.8. The molecule has 3 unspecified atom stereocenters. The van der Waals surface area contributed by atoms with E-state index in [1.54, 1.807) is 6.92 Å². The van der Waals surface area contributed by atoms with Crippen LogP contribution in [-0.4, -0.2) is 26.0 Å². The van der Waals surface area contributed by atoms with Gasteiger partial charge in [-0.3, -0.25) is 9.59 Å². The van der Waals surface area contributed by atoms with Crippen molar-refractivity contribution in [2.75, 3.05) is 14.2 Å². The fourth-order valence-electron chi connectivity index (χ4n) is 1.98. The summed E-state index contributed by atoms with van der Waals surface area (Å²) in [5, 5.41) is 0. The van der Waals surface area contributed by atoms with Crippen molar-refractivity contribution < 1.29 is 19.1 Å². The summed E-state index contributed by atoms with van der Waals surface area (Å²) in [5.41, 5.74) is 0. The molecule has 15 heavy (non-hydrogen) atoms. The molecule has 3 atom stereocenters. The first-order valence-electron chi connectivity index (χ1n) is 4.90. The van der Waals surface area contributed by atoms with Gasteiger partial charge in [0.1, 0.15) is 5.76 Å². The Labute approximate surface area is 89.2 Å². The highest BCUT2D eigenvalue weighted by atomic mass is 16.5. The summed E-state index contributed by atoms with van der Waals surface area (Å²) in [6.07, 6.45) is 1.47. The van der Waals surface area contributed by atoms with Crippen LogP contribution in [0.4, 0.5) is 0 Å². The van der Waals surface area contributed by atoms with E-state index < -0.39 is 5.92 Å². The third-order valence-electron chi connectivity index (χ3n) is 2.97. The summed E-state index contributed by atoms with van der Waals surface area (Å²) >= 11 is 0. The largest absolute Gasteiger partial charge is 0.501 e. The molecule has 0 radical (unpaired) electrons. The maximum atomic E-state index is 11.6. The van der Waals surface area contributed by atoms with Gasteiger partial charge in [0.05, 0.1) is 20.1 Å². The summed E-state index contributed by atoms with van der Waals surface area (Å²) in [4.78, 5) is 23.1. The van der Waals surface area contributed by atoms with Crippen molar-refractivity contribution in [2.24, 2.45) is 17.8 Å². The molecule has 1 aliphatic carbocycles. The molecule has 0 N–H and O–H groups in total. The van der Waals surface area contributed by atoms with E-state index in [0.717, 1.165) is 0 Å². The average molecular weight is 212 g/mol. The molecule has 1 rings (SSSR count). The number of hydrogen-bond donors (Lipinski definition) is 0. The lowest BCUT2D eigenvalue weighted by atomic mass is 9.76. The van der Waals surface area contributed by atoms with Gasteiger partial charge in [-0.25, -0.2) is 0 Å². The van der Waals surface area contributed by atoms with Crippen molar-refractivity contribution in [3.63, 3.8) is 0 Å². The lowest BCUT2D eigenvalue weighted by Crippen LogP contribution is -2.37. The summed E-state index contributed by atoms with van der Waals surface area (Å²) in [6, 6.07) is 0. The molecule has 0 bridgehead atoms. The predicted molar refractivity (Wildman–Crippen MR) is 53.9 cm³/mol. The minimum Gasteiger partial charge on any atom is -0.501 e. The smallest absolute Gasteiger partial charge is 0.310 e. The summed E-state index contributed by atoms with van der Waals surface area (Å²) in [7, 11) is 2.83. The molecule has 1 aliphatic rings. The topological polar surface area (TPSA) is 52.6 Å². The van der Waals surface area contributed by atoms with Crippen molar-refractivity contribution in [3.8, 4) is 0 Å². The number of rotatable bonds is 2. The number of ether oxygens (including phenoxy) is 2. The molecule has 0 amide bonds. The number of esters is 1. The lowest BCUT2D eigenvalue weighted by Gasteiger charge is -2.30.